The molecule has 0 aromatic carbocycles. The van der Waals surface area contributed by atoms with Crippen LogP contribution in [0.1, 0.15) is 155 Å². The lowest BCUT2D eigenvalue weighted by molar-refractivity contribution is -0.870. The first-order chi connectivity index (χ1) is 27.0. The Morgan fingerprint density at radius 2 is 1.00 bits per heavy atom. The van der Waals surface area contributed by atoms with Crippen molar-refractivity contribution in [2.75, 3.05) is 47.5 Å². The molecule has 10 heteroatoms. The fraction of sp³-hybridized carbons (Fsp3) is 0.696. The van der Waals surface area contributed by atoms with Crippen molar-refractivity contribution in [1.29, 1.82) is 0 Å². The number of hydrogen-bond acceptors (Lipinski definition) is 8. The average molecular weight is 806 g/mol. The van der Waals surface area contributed by atoms with Gasteiger partial charge in [-0.25, -0.2) is 0 Å². The van der Waals surface area contributed by atoms with E-state index in [2.05, 4.69) is 74.6 Å². The van der Waals surface area contributed by atoms with Crippen LogP contribution in [-0.4, -0.2) is 70.0 Å². The van der Waals surface area contributed by atoms with E-state index in [1.54, 1.807) is 0 Å². The van der Waals surface area contributed by atoms with Crippen molar-refractivity contribution < 1.29 is 42.1 Å². The fourth-order valence-electron chi connectivity index (χ4n) is 5.28. The zero-order chi connectivity index (χ0) is 41.4. The van der Waals surface area contributed by atoms with Crippen LogP contribution in [0.25, 0.3) is 0 Å². The number of quaternary nitrogens is 1. The van der Waals surface area contributed by atoms with Crippen LogP contribution in [0.3, 0.4) is 0 Å². The van der Waals surface area contributed by atoms with Gasteiger partial charge in [0.25, 0.3) is 7.82 Å². The van der Waals surface area contributed by atoms with Gasteiger partial charge in [-0.05, 0) is 77.0 Å². The molecule has 0 rings (SSSR count). The highest BCUT2D eigenvalue weighted by Crippen LogP contribution is 2.38. The zero-order valence-electron chi connectivity index (χ0n) is 36.1. The normalized spacial score (nSPS) is 14.3. The van der Waals surface area contributed by atoms with Gasteiger partial charge in [0.2, 0.25) is 0 Å². The molecule has 0 saturated carbocycles. The molecule has 0 saturated heterocycles. The van der Waals surface area contributed by atoms with Crippen molar-refractivity contribution >= 4 is 19.8 Å². The Bertz CT molecular complexity index is 1180. The van der Waals surface area contributed by atoms with Crippen molar-refractivity contribution in [3.63, 3.8) is 0 Å². The first-order valence-corrected chi connectivity index (χ1v) is 23.1. The summed E-state index contributed by atoms with van der Waals surface area (Å²) in [5, 5.41) is 0. The third kappa shape index (κ3) is 41.1. The van der Waals surface area contributed by atoms with E-state index in [9.17, 15) is 19.0 Å². The maximum atomic E-state index is 12.6. The van der Waals surface area contributed by atoms with E-state index in [1.807, 2.05) is 33.3 Å². The summed E-state index contributed by atoms with van der Waals surface area (Å²) in [6.45, 7) is 4.06. The number of likely N-dealkylation sites (N-methyl/N-ethyl adjacent to an activating group) is 1. The molecule has 0 heterocycles. The highest BCUT2D eigenvalue weighted by molar-refractivity contribution is 7.45. The molecule has 0 N–H and O–H groups in total. The Morgan fingerprint density at radius 1 is 0.554 bits per heavy atom. The van der Waals surface area contributed by atoms with Crippen LogP contribution in [0, 0.1) is 0 Å². The number of phosphoric acid groups is 1. The molecule has 0 fully saturated rings. The van der Waals surface area contributed by atoms with E-state index in [1.165, 1.54) is 51.4 Å². The first kappa shape index (κ1) is 53.5. The van der Waals surface area contributed by atoms with E-state index >= 15 is 0 Å². The predicted octanol–water partition coefficient (Wildman–Crippen LogP) is 11.6. The van der Waals surface area contributed by atoms with Crippen LogP contribution < -0.4 is 4.89 Å². The molecule has 0 amide bonds. The highest BCUT2D eigenvalue weighted by Gasteiger charge is 2.21. The monoisotopic (exact) mass is 806 g/mol. The Morgan fingerprint density at radius 3 is 1.55 bits per heavy atom. The molecule has 0 aliphatic rings. The van der Waals surface area contributed by atoms with Crippen LogP contribution in [0.5, 0.6) is 0 Å². The van der Waals surface area contributed by atoms with Crippen LogP contribution in [0.4, 0.5) is 0 Å². The lowest BCUT2D eigenvalue weighted by Crippen LogP contribution is -2.37. The summed E-state index contributed by atoms with van der Waals surface area (Å²) < 4.78 is 33.7. The molecule has 0 aliphatic carbocycles. The lowest BCUT2D eigenvalue weighted by Gasteiger charge is -2.28. The molecule has 0 aliphatic heterocycles. The van der Waals surface area contributed by atoms with Crippen molar-refractivity contribution in [1.82, 2.24) is 0 Å². The number of ether oxygens (including phenoxy) is 2. The molecule has 9 nitrogen and oxygen atoms in total. The zero-order valence-corrected chi connectivity index (χ0v) is 36.9. The smallest absolute Gasteiger partial charge is 0.306 e. The van der Waals surface area contributed by atoms with Crippen LogP contribution in [0.2, 0.25) is 0 Å². The molecule has 0 aromatic rings. The molecular formula is C46H80NO8P. The Balaban J connectivity index is 4.51. The van der Waals surface area contributed by atoms with Gasteiger partial charge in [-0.1, -0.05) is 138 Å². The second-order valence-electron chi connectivity index (χ2n) is 15.3. The topological polar surface area (TPSA) is 111 Å². The van der Waals surface area contributed by atoms with Crippen molar-refractivity contribution in [3.05, 3.63) is 72.9 Å². The molecule has 2 atom stereocenters. The Kier molecular flexibility index (Phi) is 36.3. The largest absolute Gasteiger partial charge is 0.756 e. The maximum absolute atomic E-state index is 12.6. The van der Waals surface area contributed by atoms with Gasteiger partial charge in [-0.15, -0.1) is 0 Å². The second kappa shape index (κ2) is 38.0. The van der Waals surface area contributed by atoms with Crippen molar-refractivity contribution in [2.24, 2.45) is 0 Å². The fourth-order valence-corrected chi connectivity index (χ4v) is 6.01. The number of hydrogen-bond donors (Lipinski definition) is 0. The van der Waals surface area contributed by atoms with Gasteiger partial charge < -0.3 is 27.9 Å². The van der Waals surface area contributed by atoms with Crippen molar-refractivity contribution in [2.45, 2.75) is 161 Å². The molecule has 1 unspecified atom stereocenters. The molecule has 0 spiro atoms. The third-order valence-electron chi connectivity index (χ3n) is 8.71. The van der Waals surface area contributed by atoms with Crippen LogP contribution in [0.15, 0.2) is 72.9 Å². The summed E-state index contributed by atoms with van der Waals surface area (Å²) >= 11 is 0. The van der Waals surface area contributed by atoms with Gasteiger partial charge in [0.1, 0.15) is 19.8 Å². The molecule has 322 valence electrons. The number of unbranched alkanes of at least 4 members (excludes halogenated alkanes) is 12. The van der Waals surface area contributed by atoms with Gasteiger partial charge in [0, 0.05) is 12.8 Å². The molecule has 56 heavy (non-hydrogen) atoms. The molecule has 0 radical (unpaired) electrons. The SMILES string of the molecule is CCCCC/C=C/C/C=C/C/C=C/C/C=C/C/C=C/CCC(=O)OC[C@@H](COP(=O)([O-])OCC[N+](C)(C)C)OC(=O)CCCCCCC/C=C/CCCCCC. The average Bonchev–Trinajstić information content (AvgIpc) is 3.15. The predicted molar refractivity (Wildman–Crippen MR) is 231 cm³/mol. The Hall–Kier alpha value is -2.55. The minimum absolute atomic E-state index is 0.0466. The van der Waals surface area contributed by atoms with E-state index in [0.29, 0.717) is 23.9 Å². The summed E-state index contributed by atoms with van der Waals surface area (Å²) in [7, 11) is 1.11. The molecule has 0 aromatic heterocycles. The summed E-state index contributed by atoms with van der Waals surface area (Å²) in [6.07, 6.45) is 46.6. The van der Waals surface area contributed by atoms with E-state index in [4.69, 9.17) is 18.5 Å². The quantitative estimate of drug-likeness (QED) is 0.0199. The summed E-state index contributed by atoms with van der Waals surface area (Å²) in [5.41, 5.74) is 0. The van der Waals surface area contributed by atoms with E-state index in [-0.39, 0.29) is 26.1 Å². The van der Waals surface area contributed by atoms with Gasteiger partial charge in [-0.3, -0.25) is 14.2 Å². The number of allylic oxidation sites excluding steroid dienone is 12. The van der Waals surface area contributed by atoms with Gasteiger partial charge in [0.05, 0.1) is 27.7 Å². The molecule has 0 bridgehead atoms. The third-order valence-corrected chi connectivity index (χ3v) is 9.68. The van der Waals surface area contributed by atoms with Crippen molar-refractivity contribution in [3.8, 4) is 0 Å². The number of esters is 2. The summed E-state index contributed by atoms with van der Waals surface area (Å²) in [4.78, 5) is 37.4. The standard InChI is InChI=1S/C46H80NO8P/c1-6-8-10-12-14-16-18-20-21-22-23-24-25-27-28-30-32-34-36-38-45(48)52-42-44(43-54-56(50,51)53-41-40-47(3,4)5)55-46(49)39-37-35-33-31-29-26-19-17-15-13-11-9-7-2/h14,16-17,19-21,23-24,27-28,32,34,44H,6-13,15,18,22,25-26,29-31,33,35-43H2,1-5H3/b16-14+,19-17+,21-20+,24-23+,28-27+,34-32+/t44-/m0/s1. The number of rotatable bonds is 38. The van der Waals surface area contributed by atoms with E-state index < -0.39 is 32.5 Å². The number of phosphoric ester groups is 1. The lowest BCUT2D eigenvalue weighted by atomic mass is 10.1. The minimum atomic E-state index is -4.64. The minimum Gasteiger partial charge on any atom is -0.756 e. The first-order valence-electron chi connectivity index (χ1n) is 21.6. The Labute approximate surface area is 342 Å². The van der Waals surface area contributed by atoms with Gasteiger partial charge in [-0.2, -0.15) is 0 Å². The van der Waals surface area contributed by atoms with E-state index in [0.717, 1.165) is 64.2 Å². The summed E-state index contributed by atoms with van der Waals surface area (Å²) in [6, 6.07) is 0. The van der Waals surface area contributed by atoms with Gasteiger partial charge >= 0.3 is 11.9 Å². The summed E-state index contributed by atoms with van der Waals surface area (Å²) in [5.74, 6) is -0.948. The highest BCUT2D eigenvalue weighted by atomic mass is 31.2. The second-order valence-corrected chi connectivity index (χ2v) is 16.8. The number of carbonyl (C=O) groups is 2. The van der Waals surface area contributed by atoms with Gasteiger partial charge in [0.15, 0.2) is 6.10 Å². The number of carbonyl (C=O) groups excluding carboxylic acids is 2. The molecular weight excluding hydrogens is 725 g/mol. The maximum Gasteiger partial charge on any atom is 0.306 e. The number of nitrogens with zero attached hydrogens (tertiary/aromatic N) is 1. The van der Waals surface area contributed by atoms with Crippen LogP contribution in [-0.2, 0) is 32.7 Å². The van der Waals surface area contributed by atoms with Crippen LogP contribution >= 0.6 is 7.82 Å².